The number of carbonyl (C=O) groups excluding carboxylic acids is 1. The van der Waals surface area contributed by atoms with E-state index in [9.17, 15) is 4.79 Å². The van der Waals surface area contributed by atoms with Crippen molar-refractivity contribution in [1.82, 2.24) is 9.80 Å². The summed E-state index contributed by atoms with van der Waals surface area (Å²) >= 11 is 1.76. The van der Waals surface area contributed by atoms with Gasteiger partial charge >= 0.3 is 0 Å². The second-order valence-corrected chi connectivity index (χ2v) is 8.87. The van der Waals surface area contributed by atoms with E-state index in [1.807, 2.05) is 0 Å². The van der Waals surface area contributed by atoms with Gasteiger partial charge in [-0.15, -0.1) is 11.3 Å². The molecule has 0 spiro atoms. The molecule has 0 bridgehead atoms. The molecule has 3 fully saturated rings. The third kappa shape index (κ3) is 2.70. The summed E-state index contributed by atoms with van der Waals surface area (Å²) in [6.45, 7) is 2.21. The average molecular weight is 355 g/mol. The summed E-state index contributed by atoms with van der Waals surface area (Å²) in [6.07, 6.45) is 8.23. The van der Waals surface area contributed by atoms with Crippen LogP contribution in [0.25, 0.3) is 10.1 Å². The standard InChI is InChI=1S/C21H26N2OS/c24-21(13-15-5-3-9-20-17(15)10-12-25-20)23-14-16-6-4-11-22(16)18-7-1-2-8-19(18)23/h3,5,9-10,12,16,18-19H,1-2,4,6-8,11,13-14H2/t16-,18-,19-/m0/s1. The molecule has 132 valence electrons. The lowest BCUT2D eigenvalue weighted by Crippen LogP contribution is -2.64. The number of thiophene rings is 1. The zero-order chi connectivity index (χ0) is 16.8. The van der Waals surface area contributed by atoms with Gasteiger partial charge in [0.15, 0.2) is 0 Å². The Morgan fingerprint density at radius 1 is 1.08 bits per heavy atom. The molecule has 1 aromatic carbocycles. The quantitative estimate of drug-likeness (QED) is 0.812. The van der Waals surface area contributed by atoms with Crippen LogP contribution in [0.1, 0.15) is 44.1 Å². The van der Waals surface area contributed by atoms with Crippen molar-refractivity contribution < 1.29 is 4.79 Å². The number of fused-ring (bicyclic) bond motifs is 4. The van der Waals surface area contributed by atoms with E-state index in [0.29, 0.717) is 30.5 Å². The van der Waals surface area contributed by atoms with Gasteiger partial charge in [0.2, 0.25) is 5.91 Å². The highest BCUT2D eigenvalue weighted by atomic mass is 32.1. The number of hydrogen-bond acceptors (Lipinski definition) is 3. The molecule has 1 aromatic heterocycles. The lowest BCUT2D eigenvalue weighted by Gasteiger charge is -2.51. The van der Waals surface area contributed by atoms with Crippen molar-refractivity contribution in [2.75, 3.05) is 13.1 Å². The maximum atomic E-state index is 13.3. The van der Waals surface area contributed by atoms with Crippen LogP contribution >= 0.6 is 11.3 Å². The Morgan fingerprint density at radius 3 is 2.88 bits per heavy atom. The molecular formula is C21H26N2OS. The van der Waals surface area contributed by atoms with Crippen molar-refractivity contribution in [3.05, 3.63) is 35.2 Å². The third-order valence-electron chi connectivity index (χ3n) is 6.60. The number of nitrogens with zero attached hydrogens (tertiary/aromatic N) is 2. The maximum absolute atomic E-state index is 13.3. The molecule has 2 aliphatic heterocycles. The van der Waals surface area contributed by atoms with Gasteiger partial charge in [-0.25, -0.2) is 0 Å². The van der Waals surface area contributed by atoms with Gasteiger partial charge in [0.05, 0.1) is 6.42 Å². The van der Waals surface area contributed by atoms with E-state index in [1.165, 1.54) is 60.7 Å². The molecule has 1 saturated carbocycles. The molecule has 3 atom stereocenters. The van der Waals surface area contributed by atoms with E-state index < -0.39 is 0 Å². The van der Waals surface area contributed by atoms with Crippen molar-refractivity contribution >= 4 is 27.3 Å². The number of piperazine rings is 1. The van der Waals surface area contributed by atoms with Crippen LogP contribution in [0.5, 0.6) is 0 Å². The molecule has 5 rings (SSSR count). The maximum Gasteiger partial charge on any atom is 0.227 e. The summed E-state index contributed by atoms with van der Waals surface area (Å²) in [7, 11) is 0. The Hall–Kier alpha value is -1.39. The summed E-state index contributed by atoms with van der Waals surface area (Å²) in [5, 5.41) is 3.40. The predicted molar refractivity (Wildman–Crippen MR) is 103 cm³/mol. The molecule has 0 unspecified atom stereocenters. The predicted octanol–water partition coefficient (Wildman–Crippen LogP) is 4.06. The zero-order valence-electron chi connectivity index (χ0n) is 14.7. The van der Waals surface area contributed by atoms with Crippen LogP contribution in [0, 0.1) is 0 Å². The van der Waals surface area contributed by atoms with Gasteiger partial charge in [-0.1, -0.05) is 25.0 Å². The highest BCUT2D eigenvalue weighted by Gasteiger charge is 2.45. The summed E-state index contributed by atoms with van der Waals surface area (Å²) < 4.78 is 1.29. The van der Waals surface area contributed by atoms with Crippen LogP contribution in [0.2, 0.25) is 0 Å². The number of amides is 1. The van der Waals surface area contributed by atoms with Gasteiger partial charge in [-0.3, -0.25) is 9.69 Å². The van der Waals surface area contributed by atoms with Gasteiger partial charge in [0, 0.05) is 29.4 Å². The molecule has 3 aliphatic rings. The Balaban J connectivity index is 1.41. The minimum Gasteiger partial charge on any atom is -0.336 e. The molecule has 25 heavy (non-hydrogen) atoms. The molecule has 4 heteroatoms. The van der Waals surface area contributed by atoms with Crippen molar-refractivity contribution in [3.63, 3.8) is 0 Å². The van der Waals surface area contributed by atoms with E-state index in [4.69, 9.17) is 0 Å². The van der Waals surface area contributed by atoms with E-state index in [0.717, 1.165) is 6.54 Å². The summed E-state index contributed by atoms with van der Waals surface area (Å²) in [4.78, 5) is 18.3. The zero-order valence-corrected chi connectivity index (χ0v) is 15.5. The van der Waals surface area contributed by atoms with E-state index >= 15 is 0 Å². The molecule has 2 aromatic rings. The fourth-order valence-electron chi connectivity index (χ4n) is 5.46. The summed E-state index contributed by atoms with van der Waals surface area (Å²) in [6, 6.07) is 10.2. The second kappa shape index (κ2) is 6.40. The molecule has 2 saturated heterocycles. The van der Waals surface area contributed by atoms with Crippen LogP contribution in [0.15, 0.2) is 29.6 Å². The van der Waals surface area contributed by atoms with Crippen molar-refractivity contribution in [2.45, 2.75) is 63.1 Å². The fraction of sp³-hybridized carbons (Fsp3) is 0.571. The minimum atomic E-state index is 0.349. The molecule has 3 nitrogen and oxygen atoms in total. The van der Waals surface area contributed by atoms with Gasteiger partial charge in [-0.05, 0) is 60.7 Å². The van der Waals surface area contributed by atoms with Crippen LogP contribution in [-0.4, -0.2) is 46.9 Å². The summed E-state index contributed by atoms with van der Waals surface area (Å²) in [5.74, 6) is 0.349. The average Bonchev–Trinajstić information content (AvgIpc) is 3.30. The summed E-state index contributed by atoms with van der Waals surface area (Å²) in [5.41, 5.74) is 1.20. The number of hydrogen-bond donors (Lipinski definition) is 0. The van der Waals surface area contributed by atoms with Gasteiger partial charge < -0.3 is 4.90 Å². The monoisotopic (exact) mass is 354 g/mol. The Morgan fingerprint density at radius 2 is 1.96 bits per heavy atom. The number of benzene rings is 1. The van der Waals surface area contributed by atoms with E-state index in [-0.39, 0.29) is 0 Å². The van der Waals surface area contributed by atoms with Gasteiger partial charge in [0.25, 0.3) is 0 Å². The molecule has 3 heterocycles. The van der Waals surface area contributed by atoms with Gasteiger partial charge in [0.1, 0.15) is 0 Å². The van der Waals surface area contributed by atoms with Gasteiger partial charge in [-0.2, -0.15) is 0 Å². The second-order valence-electron chi connectivity index (χ2n) is 7.93. The van der Waals surface area contributed by atoms with Crippen molar-refractivity contribution in [2.24, 2.45) is 0 Å². The smallest absolute Gasteiger partial charge is 0.227 e. The van der Waals surface area contributed by atoms with Crippen LogP contribution in [0.4, 0.5) is 0 Å². The molecule has 1 amide bonds. The van der Waals surface area contributed by atoms with Crippen molar-refractivity contribution in [3.8, 4) is 0 Å². The Labute approximate surface area is 153 Å². The van der Waals surface area contributed by atoms with Crippen LogP contribution in [-0.2, 0) is 11.2 Å². The Bertz CT molecular complexity index is 785. The molecule has 0 N–H and O–H groups in total. The minimum absolute atomic E-state index is 0.349. The van der Waals surface area contributed by atoms with Crippen LogP contribution < -0.4 is 0 Å². The van der Waals surface area contributed by atoms with Crippen molar-refractivity contribution in [1.29, 1.82) is 0 Å². The first kappa shape index (κ1) is 15.8. The molecule has 1 aliphatic carbocycles. The first-order valence-electron chi connectivity index (χ1n) is 9.81. The highest BCUT2D eigenvalue weighted by Crippen LogP contribution is 2.37. The topological polar surface area (TPSA) is 23.6 Å². The van der Waals surface area contributed by atoms with E-state index in [1.54, 1.807) is 11.3 Å². The SMILES string of the molecule is O=C(Cc1cccc2sccc12)N1C[C@@H]2CCCN2[C@H]2CCCC[C@@H]21. The van der Waals surface area contributed by atoms with Crippen LogP contribution in [0.3, 0.4) is 0 Å². The third-order valence-corrected chi connectivity index (χ3v) is 7.48. The Kier molecular flexibility index (Phi) is 4.05. The lowest BCUT2D eigenvalue weighted by atomic mass is 9.85. The largest absolute Gasteiger partial charge is 0.336 e. The molecular weight excluding hydrogens is 328 g/mol. The highest BCUT2D eigenvalue weighted by molar-refractivity contribution is 7.17. The normalized spacial score (nSPS) is 29.6. The lowest BCUT2D eigenvalue weighted by molar-refractivity contribution is -0.140. The van der Waals surface area contributed by atoms with E-state index in [2.05, 4.69) is 39.4 Å². The number of rotatable bonds is 2. The molecule has 0 radical (unpaired) electrons. The first-order valence-corrected chi connectivity index (χ1v) is 10.7. The first-order chi connectivity index (χ1) is 12.3. The fourth-order valence-corrected chi connectivity index (χ4v) is 6.29. The number of carbonyl (C=O) groups is 1.